The molecule has 35 heavy (non-hydrogen) atoms. The molecule has 3 aromatic carbocycles. The van der Waals surface area contributed by atoms with E-state index in [1.54, 1.807) is 11.7 Å². The molecule has 7 heteroatoms. The Kier molecular flexibility index (Phi) is 7.77. The first-order valence-electron chi connectivity index (χ1n) is 11.6. The monoisotopic (exact) mass is 487 g/mol. The quantitative estimate of drug-likeness (QED) is 0.329. The van der Waals surface area contributed by atoms with Crippen molar-refractivity contribution in [3.8, 4) is 16.9 Å². The third-order valence-electron chi connectivity index (χ3n) is 5.80. The Balaban J connectivity index is 1.45. The highest BCUT2D eigenvalue weighted by Crippen LogP contribution is 2.24. The van der Waals surface area contributed by atoms with Gasteiger partial charge in [-0.2, -0.15) is 5.10 Å². The predicted octanol–water partition coefficient (Wildman–Crippen LogP) is 4.55. The summed E-state index contributed by atoms with van der Waals surface area (Å²) in [5.74, 6) is -0.926. The van der Waals surface area contributed by atoms with Crippen molar-refractivity contribution < 1.29 is 13.2 Å². The van der Waals surface area contributed by atoms with Crippen LogP contribution in [0.15, 0.2) is 97.2 Å². The molecule has 0 spiro atoms. The molecule has 0 aliphatic heterocycles. The number of amides is 1. The van der Waals surface area contributed by atoms with Gasteiger partial charge >= 0.3 is 0 Å². The number of benzene rings is 3. The van der Waals surface area contributed by atoms with Crippen LogP contribution in [-0.4, -0.2) is 47.6 Å². The summed E-state index contributed by atoms with van der Waals surface area (Å²) in [5, 5.41) is 4.77. The molecule has 180 valence electrons. The average molecular weight is 488 g/mol. The van der Waals surface area contributed by atoms with Crippen LogP contribution in [0, 0.1) is 0 Å². The second-order valence-electron chi connectivity index (χ2n) is 8.58. The van der Waals surface area contributed by atoms with Crippen LogP contribution in [0.3, 0.4) is 0 Å². The van der Waals surface area contributed by atoms with E-state index in [1.807, 2.05) is 97.2 Å². The summed E-state index contributed by atoms with van der Waals surface area (Å²) in [6.45, 7) is 0.259. The molecule has 0 aliphatic rings. The van der Waals surface area contributed by atoms with Gasteiger partial charge in [0.2, 0.25) is 5.91 Å². The van der Waals surface area contributed by atoms with Crippen LogP contribution in [0.4, 0.5) is 0 Å². The first-order chi connectivity index (χ1) is 16.9. The zero-order valence-electron chi connectivity index (χ0n) is 19.7. The molecule has 1 amide bonds. The maximum Gasteiger partial charge on any atom is 0.237 e. The minimum absolute atomic E-state index is 0.0112. The topological polar surface area (TPSA) is 72.3 Å². The first-order valence-corrected chi connectivity index (χ1v) is 13.4. The third kappa shape index (κ3) is 6.67. The van der Waals surface area contributed by atoms with Crippen LogP contribution in [0.2, 0.25) is 0 Å². The van der Waals surface area contributed by atoms with Crippen LogP contribution in [0.1, 0.15) is 17.5 Å². The third-order valence-corrected chi connectivity index (χ3v) is 7.40. The van der Waals surface area contributed by atoms with Gasteiger partial charge in [-0.25, -0.2) is 13.1 Å². The molecule has 0 atom stereocenters. The molecular weight excluding hydrogens is 458 g/mol. The molecule has 1 aromatic heterocycles. The highest BCUT2D eigenvalue weighted by Gasteiger charge is 2.22. The standard InChI is InChI=1S/C28H29N3O3S/c1-30(27(32)22-35(33,34)19-11-14-23-12-5-2-6-13-23)20-25-21-31(26-17-9-4-10-18-26)29-28(25)24-15-7-3-8-16-24/h2-10,12-13,15-18,21H,11,14,19-20,22H2,1H3. The van der Waals surface area contributed by atoms with Crippen molar-refractivity contribution in [2.24, 2.45) is 0 Å². The normalized spacial score (nSPS) is 11.3. The number of para-hydroxylation sites is 1. The molecule has 6 nitrogen and oxygen atoms in total. The van der Waals surface area contributed by atoms with E-state index in [0.29, 0.717) is 12.8 Å². The number of carbonyl (C=O) groups is 1. The number of aromatic nitrogens is 2. The van der Waals surface area contributed by atoms with Crippen molar-refractivity contribution in [3.05, 3.63) is 108 Å². The van der Waals surface area contributed by atoms with Crippen molar-refractivity contribution in [2.45, 2.75) is 19.4 Å². The van der Waals surface area contributed by atoms with Crippen LogP contribution in [0.25, 0.3) is 16.9 Å². The molecule has 0 saturated heterocycles. The smallest absolute Gasteiger partial charge is 0.237 e. The van der Waals surface area contributed by atoms with Gasteiger partial charge in [0.1, 0.15) is 5.75 Å². The van der Waals surface area contributed by atoms with Crippen molar-refractivity contribution >= 4 is 15.7 Å². The van der Waals surface area contributed by atoms with Gasteiger partial charge in [0.25, 0.3) is 0 Å². The minimum Gasteiger partial charge on any atom is -0.340 e. The van der Waals surface area contributed by atoms with Gasteiger partial charge in [-0.1, -0.05) is 78.9 Å². The molecule has 0 N–H and O–H groups in total. The van der Waals surface area contributed by atoms with E-state index in [-0.39, 0.29) is 12.3 Å². The van der Waals surface area contributed by atoms with Gasteiger partial charge in [-0.15, -0.1) is 0 Å². The summed E-state index contributed by atoms with van der Waals surface area (Å²) in [7, 11) is -1.86. The van der Waals surface area contributed by atoms with Crippen molar-refractivity contribution in [1.82, 2.24) is 14.7 Å². The van der Waals surface area contributed by atoms with E-state index >= 15 is 0 Å². The SMILES string of the molecule is CN(Cc1cn(-c2ccccc2)nc1-c1ccccc1)C(=O)CS(=O)(=O)CCCc1ccccc1. The molecule has 0 aliphatic carbocycles. The van der Waals surface area contributed by atoms with Crippen LogP contribution >= 0.6 is 0 Å². The van der Waals surface area contributed by atoms with Crippen LogP contribution < -0.4 is 0 Å². The maximum absolute atomic E-state index is 12.8. The molecule has 0 fully saturated rings. The second kappa shape index (κ2) is 11.1. The molecule has 1 heterocycles. The number of nitrogens with zero attached hydrogens (tertiary/aromatic N) is 3. The molecule has 0 bridgehead atoms. The Morgan fingerprint density at radius 1 is 0.886 bits per heavy atom. The largest absolute Gasteiger partial charge is 0.340 e. The van der Waals surface area contributed by atoms with Crippen molar-refractivity contribution in [2.75, 3.05) is 18.6 Å². The van der Waals surface area contributed by atoms with Gasteiger partial charge in [-0.3, -0.25) is 4.79 Å². The second-order valence-corrected chi connectivity index (χ2v) is 10.8. The zero-order valence-corrected chi connectivity index (χ0v) is 20.6. The van der Waals surface area contributed by atoms with E-state index < -0.39 is 21.5 Å². The summed E-state index contributed by atoms with van der Waals surface area (Å²) in [6.07, 6.45) is 3.06. The van der Waals surface area contributed by atoms with E-state index in [1.165, 1.54) is 4.90 Å². The summed E-state index contributed by atoms with van der Waals surface area (Å²) < 4.78 is 27.0. The highest BCUT2D eigenvalue weighted by molar-refractivity contribution is 7.92. The Labute approximate surface area is 206 Å². The number of carbonyl (C=O) groups excluding carboxylic acids is 1. The number of aryl methyl sites for hydroxylation is 1. The predicted molar refractivity (Wildman–Crippen MR) is 139 cm³/mol. The number of sulfone groups is 1. The minimum atomic E-state index is -3.50. The Bertz CT molecular complexity index is 1350. The fourth-order valence-electron chi connectivity index (χ4n) is 3.93. The van der Waals surface area contributed by atoms with Gasteiger partial charge < -0.3 is 4.90 Å². The Morgan fingerprint density at radius 2 is 1.49 bits per heavy atom. The van der Waals surface area contributed by atoms with E-state index in [4.69, 9.17) is 5.10 Å². The number of hydrogen-bond donors (Lipinski definition) is 0. The first kappa shape index (κ1) is 24.4. The fraction of sp³-hybridized carbons (Fsp3) is 0.214. The lowest BCUT2D eigenvalue weighted by Gasteiger charge is -2.17. The number of hydrogen-bond acceptors (Lipinski definition) is 4. The van der Waals surface area contributed by atoms with Crippen molar-refractivity contribution in [3.63, 3.8) is 0 Å². The molecule has 0 radical (unpaired) electrons. The number of rotatable bonds is 10. The van der Waals surface area contributed by atoms with Gasteiger partial charge in [0, 0.05) is 30.9 Å². The van der Waals surface area contributed by atoms with Gasteiger partial charge in [0.15, 0.2) is 9.84 Å². The van der Waals surface area contributed by atoms with E-state index in [2.05, 4.69) is 0 Å². The van der Waals surface area contributed by atoms with Crippen LogP contribution in [0.5, 0.6) is 0 Å². The summed E-state index contributed by atoms with van der Waals surface area (Å²) in [4.78, 5) is 14.3. The van der Waals surface area contributed by atoms with E-state index in [9.17, 15) is 13.2 Å². The zero-order chi connectivity index (χ0) is 24.7. The Hall–Kier alpha value is -3.71. The average Bonchev–Trinajstić information content (AvgIpc) is 3.29. The summed E-state index contributed by atoms with van der Waals surface area (Å²) >= 11 is 0. The molecule has 0 saturated carbocycles. The molecule has 4 rings (SSSR count). The maximum atomic E-state index is 12.8. The molecule has 0 unspecified atom stereocenters. The highest BCUT2D eigenvalue weighted by atomic mass is 32.2. The van der Waals surface area contributed by atoms with E-state index in [0.717, 1.165) is 28.1 Å². The fourth-order valence-corrected chi connectivity index (χ4v) is 5.26. The van der Waals surface area contributed by atoms with Crippen LogP contribution in [-0.2, 0) is 27.6 Å². The molecular formula is C28H29N3O3S. The molecule has 4 aromatic rings. The summed E-state index contributed by atoms with van der Waals surface area (Å²) in [6, 6.07) is 29.3. The lowest BCUT2D eigenvalue weighted by atomic mass is 10.1. The summed E-state index contributed by atoms with van der Waals surface area (Å²) in [5.41, 5.74) is 4.55. The Morgan fingerprint density at radius 3 is 2.14 bits per heavy atom. The van der Waals surface area contributed by atoms with Crippen molar-refractivity contribution in [1.29, 1.82) is 0 Å². The lowest BCUT2D eigenvalue weighted by molar-refractivity contribution is -0.127. The van der Waals surface area contributed by atoms with Gasteiger partial charge in [0.05, 0.1) is 17.1 Å². The lowest BCUT2D eigenvalue weighted by Crippen LogP contribution is -2.33. The van der Waals surface area contributed by atoms with Gasteiger partial charge in [-0.05, 0) is 30.5 Å².